The lowest BCUT2D eigenvalue weighted by atomic mass is 10.2. The van der Waals surface area contributed by atoms with Crippen LogP contribution in [0.3, 0.4) is 0 Å². The lowest BCUT2D eigenvalue weighted by Gasteiger charge is -2.13. The number of para-hydroxylation sites is 1. The highest BCUT2D eigenvalue weighted by Crippen LogP contribution is 2.15. The van der Waals surface area contributed by atoms with Gasteiger partial charge in [0.2, 0.25) is 15.9 Å². The predicted octanol–water partition coefficient (Wildman–Crippen LogP) is -0.0811. The number of hydrogen-bond acceptors (Lipinski definition) is 4. The summed E-state index contributed by atoms with van der Waals surface area (Å²) in [4.78, 5) is 13.2. The summed E-state index contributed by atoms with van der Waals surface area (Å²) in [5.74, 6) is -0.405. The summed E-state index contributed by atoms with van der Waals surface area (Å²) in [7, 11) is -1.92. The van der Waals surface area contributed by atoms with Gasteiger partial charge in [0, 0.05) is 19.3 Å². The van der Waals surface area contributed by atoms with E-state index in [1.165, 1.54) is 4.90 Å². The second-order valence-electron chi connectivity index (χ2n) is 4.68. The maximum absolute atomic E-state index is 12.0. The number of likely N-dealkylation sites (tertiary alicyclic amines) is 1. The number of benzene rings is 1. The van der Waals surface area contributed by atoms with E-state index in [9.17, 15) is 13.2 Å². The molecule has 1 aliphatic heterocycles. The van der Waals surface area contributed by atoms with Crippen molar-refractivity contribution < 1.29 is 13.2 Å². The fourth-order valence-electron chi connectivity index (χ4n) is 2.06. The van der Waals surface area contributed by atoms with Crippen molar-refractivity contribution in [2.75, 3.05) is 19.3 Å². The predicted molar refractivity (Wildman–Crippen MR) is 72.7 cm³/mol. The first kappa shape index (κ1) is 13.8. The Kier molecular flexibility index (Phi) is 3.77. The van der Waals surface area contributed by atoms with Crippen molar-refractivity contribution in [1.29, 1.82) is 0 Å². The zero-order chi connectivity index (χ0) is 14.0. The Balaban J connectivity index is 2.08. The topological polar surface area (TPSA) is 92.5 Å². The van der Waals surface area contributed by atoms with Crippen LogP contribution >= 0.6 is 0 Å². The number of carbonyl (C=O) groups excluding carboxylic acids is 1. The molecule has 0 aliphatic carbocycles. The molecule has 3 N–H and O–H groups in total. The molecule has 1 atom stereocenters. The summed E-state index contributed by atoms with van der Waals surface area (Å²) in [6, 6.07) is 6.14. The van der Waals surface area contributed by atoms with Gasteiger partial charge in [0.05, 0.1) is 5.75 Å². The van der Waals surface area contributed by atoms with E-state index in [1.807, 2.05) is 0 Å². The van der Waals surface area contributed by atoms with Gasteiger partial charge in [-0.3, -0.25) is 4.79 Å². The van der Waals surface area contributed by atoms with E-state index < -0.39 is 16.1 Å². The van der Waals surface area contributed by atoms with Gasteiger partial charge in [-0.05, 0) is 18.1 Å². The highest BCUT2D eigenvalue weighted by molar-refractivity contribution is 7.88. The molecule has 0 radical (unpaired) electrons. The number of sulfonamides is 1. The molecule has 0 spiro atoms. The van der Waals surface area contributed by atoms with E-state index in [1.54, 1.807) is 31.3 Å². The minimum absolute atomic E-state index is 0.190. The first-order valence-electron chi connectivity index (χ1n) is 5.97. The van der Waals surface area contributed by atoms with Crippen molar-refractivity contribution in [3.05, 3.63) is 29.8 Å². The average molecular weight is 283 g/mol. The molecule has 0 aromatic heterocycles. The molecule has 1 saturated heterocycles. The monoisotopic (exact) mass is 283 g/mol. The van der Waals surface area contributed by atoms with Crippen LogP contribution in [-0.4, -0.2) is 38.9 Å². The van der Waals surface area contributed by atoms with Crippen LogP contribution in [0.15, 0.2) is 24.3 Å². The van der Waals surface area contributed by atoms with Crippen molar-refractivity contribution in [2.45, 2.75) is 18.2 Å². The smallest absolute Gasteiger partial charge is 0.240 e. The summed E-state index contributed by atoms with van der Waals surface area (Å²) in [6.07, 6.45) is 0.499. The largest absolute Gasteiger partial charge is 0.398 e. The molecule has 6 nitrogen and oxygen atoms in total. The maximum Gasteiger partial charge on any atom is 0.240 e. The summed E-state index contributed by atoms with van der Waals surface area (Å²) in [5, 5.41) is 0. The number of rotatable bonds is 4. The third-order valence-electron chi connectivity index (χ3n) is 3.15. The molecule has 19 heavy (non-hydrogen) atoms. The molecular formula is C12H17N3O3S. The Hall–Kier alpha value is -1.60. The molecule has 1 unspecified atom stereocenters. The quantitative estimate of drug-likeness (QED) is 0.756. The Bertz CT molecular complexity index is 586. The summed E-state index contributed by atoms with van der Waals surface area (Å²) in [5.41, 5.74) is 6.69. The van der Waals surface area contributed by atoms with Crippen molar-refractivity contribution in [2.24, 2.45) is 0 Å². The van der Waals surface area contributed by atoms with Crippen LogP contribution in [0.2, 0.25) is 0 Å². The van der Waals surface area contributed by atoms with Gasteiger partial charge in [0.15, 0.2) is 0 Å². The van der Waals surface area contributed by atoms with Crippen molar-refractivity contribution in [1.82, 2.24) is 9.62 Å². The highest BCUT2D eigenvalue weighted by Gasteiger charge is 2.32. The Morgan fingerprint density at radius 2 is 2.11 bits per heavy atom. The number of nitrogens with two attached hydrogens (primary N) is 1. The average Bonchev–Trinajstić information content (AvgIpc) is 2.63. The van der Waals surface area contributed by atoms with E-state index in [2.05, 4.69) is 4.72 Å². The third kappa shape index (κ3) is 3.24. The number of anilines is 1. The van der Waals surface area contributed by atoms with E-state index >= 15 is 0 Å². The van der Waals surface area contributed by atoms with E-state index in [0.717, 1.165) is 0 Å². The molecule has 104 valence electrons. The van der Waals surface area contributed by atoms with Crippen molar-refractivity contribution in [3.8, 4) is 0 Å². The molecule has 1 fully saturated rings. The van der Waals surface area contributed by atoms with Crippen LogP contribution in [0.1, 0.15) is 12.0 Å². The van der Waals surface area contributed by atoms with Crippen LogP contribution in [0, 0.1) is 0 Å². The lowest BCUT2D eigenvalue weighted by molar-refractivity contribution is -0.127. The number of amides is 1. The zero-order valence-electron chi connectivity index (χ0n) is 10.7. The second kappa shape index (κ2) is 5.18. The summed E-state index contributed by atoms with van der Waals surface area (Å²) in [6.45, 7) is 0.569. The minimum Gasteiger partial charge on any atom is -0.398 e. The van der Waals surface area contributed by atoms with Gasteiger partial charge in [-0.15, -0.1) is 0 Å². The van der Waals surface area contributed by atoms with E-state index in [-0.39, 0.29) is 11.7 Å². The number of nitrogens with zero attached hydrogens (tertiary/aromatic N) is 1. The number of nitrogens with one attached hydrogen (secondary N) is 1. The molecule has 2 rings (SSSR count). The van der Waals surface area contributed by atoms with Gasteiger partial charge in [-0.25, -0.2) is 13.1 Å². The van der Waals surface area contributed by atoms with Gasteiger partial charge in [-0.2, -0.15) is 0 Å². The van der Waals surface area contributed by atoms with Gasteiger partial charge in [-0.1, -0.05) is 18.2 Å². The second-order valence-corrected chi connectivity index (χ2v) is 6.43. The number of carbonyl (C=O) groups is 1. The molecule has 1 aromatic carbocycles. The van der Waals surface area contributed by atoms with Gasteiger partial charge in [0.25, 0.3) is 0 Å². The Morgan fingerprint density at radius 1 is 1.42 bits per heavy atom. The van der Waals surface area contributed by atoms with Crippen molar-refractivity contribution in [3.63, 3.8) is 0 Å². The van der Waals surface area contributed by atoms with Crippen LogP contribution in [-0.2, 0) is 20.6 Å². The van der Waals surface area contributed by atoms with E-state index in [0.29, 0.717) is 24.2 Å². The van der Waals surface area contributed by atoms with Gasteiger partial charge < -0.3 is 10.6 Å². The minimum atomic E-state index is -3.57. The summed E-state index contributed by atoms with van der Waals surface area (Å²) >= 11 is 0. The number of nitrogen functional groups attached to an aromatic ring is 1. The first-order valence-corrected chi connectivity index (χ1v) is 7.62. The third-order valence-corrected chi connectivity index (χ3v) is 4.48. The van der Waals surface area contributed by atoms with Crippen LogP contribution in [0.25, 0.3) is 0 Å². The number of likely N-dealkylation sites (N-methyl/N-ethyl adjacent to an activating group) is 1. The van der Waals surface area contributed by atoms with Crippen LogP contribution in [0.5, 0.6) is 0 Å². The Labute approximate surface area is 112 Å². The zero-order valence-corrected chi connectivity index (χ0v) is 11.5. The van der Waals surface area contributed by atoms with Gasteiger partial charge in [0.1, 0.15) is 6.04 Å². The van der Waals surface area contributed by atoms with Crippen LogP contribution in [0.4, 0.5) is 5.69 Å². The maximum atomic E-state index is 12.0. The molecule has 1 amide bonds. The molecular weight excluding hydrogens is 266 g/mol. The molecule has 1 heterocycles. The molecule has 0 saturated carbocycles. The fraction of sp³-hybridized carbons (Fsp3) is 0.417. The number of hydrogen-bond donors (Lipinski definition) is 2. The van der Waals surface area contributed by atoms with Crippen LogP contribution < -0.4 is 10.5 Å². The van der Waals surface area contributed by atoms with E-state index in [4.69, 9.17) is 5.73 Å². The normalized spacial score (nSPS) is 19.9. The lowest BCUT2D eigenvalue weighted by Crippen LogP contribution is -2.41. The molecule has 7 heteroatoms. The van der Waals surface area contributed by atoms with Crippen molar-refractivity contribution >= 4 is 21.6 Å². The highest BCUT2D eigenvalue weighted by atomic mass is 32.2. The molecule has 1 aromatic rings. The fourth-order valence-corrected chi connectivity index (χ4v) is 3.47. The Morgan fingerprint density at radius 3 is 2.68 bits per heavy atom. The molecule has 1 aliphatic rings. The molecule has 0 bridgehead atoms. The summed E-state index contributed by atoms with van der Waals surface area (Å²) < 4.78 is 26.5. The SMILES string of the molecule is CN1CCC(NS(=O)(=O)Cc2ccccc2N)C1=O. The first-order chi connectivity index (χ1) is 8.89. The standard InChI is InChI=1S/C12H17N3O3S/c1-15-7-6-11(12(15)16)14-19(17,18)8-9-4-2-3-5-10(9)13/h2-5,11,14H,6-8,13H2,1H3. The van der Waals surface area contributed by atoms with Gasteiger partial charge >= 0.3 is 0 Å².